The minimum absolute atomic E-state index is 0.0300. The molecular formula is C20H15BrF2N2O5. The monoisotopic (exact) mass is 480 g/mol. The lowest BCUT2D eigenvalue weighted by atomic mass is 9.71. The van der Waals surface area contributed by atoms with E-state index in [0.29, 0.717) is 9.37 Å². The van der Waals surface area contributed by atoms with Gasteiger partial charge in [-0.1, -0.05) is 28.1 Å². The molecule has 1 atom stereocenters. The maximum absolute atomic E-state index is 14.8. The van der Waals surface area contributed by atoms with Gasteiger partial charge in [0, 0.05) is 21.2 Å². The third-order valence-electron chi connectivity index (χ3n) is 4.84. The maximum Gasteiger partial charge on any atom is 0.326 e. The second kappa shape index (κ2) is 7.94. The number of fused-ring (bicyclic) bond motifs is 1. The fourth-order valence-electron chi connectivity index (χ4n) is 3.54. The van der Waals surface area contributed by atoms with E-state index in [1.165, 1.54) is 24.3 Å². The first-order chi connectivity index (χ1) is 14.1. The van der Waals surface area contributed by atoms with Crippen molar-refractivity contribution in [2.24, 2.45) is 5.73 Å². The highest BCUT2D eigenvalue weighted by atomic mass is 79.9. The maximum atomic E-state index is 14.8. The highest BCUT2D eigenvalue weighted by Crippen LogP contribution is 2.41. The Labute approximate surface area is 177 Å². The molecule has 0 radical (unpaired) electrons. The number of hydrogen-bond acceptors (Lipinski definition) is 5. The van der Waals surface area contributed by atoms with Crippen LogP contribution in [0.25, 0.3) is 0 Å². The van der Waals surface area contributed by atoms with Crippen LogP contribution in [0, 0.1) is 11.6 Å². The van der Waals surface area contributed by atoms with Gasteiger partial charge in [-0.05, 0) is 24.3 Å². The summed E-state index contributed by atoms with van der Waals surface area (Å²) >= 11 is 3.11. The van der Waals surface area contributed by atoms with Gasteiger partial charge in [-0.3, -0.25) is 24.1 Å². The molecule has 0 fully saturated rings. The van der Waals surface area contributed by atoms with Gasteiger partial charge in [-0.15, -0.1) is 0 Å². The molecule has 10 heteroatoms. The summed E-state index contributed by atoms with van der Waals surface area (Å²) in [7, 11) is 0.952. The van der Waals surface area contributed by atoms with Crippen molar-refractivity contribution in [2.45, 2.75) is 18.4 Å². The molecule has 0 bridgehead atoms. The molecule has 0 saturated carbocycles. The highest BCUT2D eigenvalue weighted by molar-refractivity contribution is 9.10. The lowest BCUT2D eigenvalue weighted by Crippen LogP contribution is -2.59. The van der Waals surface area contributed by atoms with Crippen LogP contribution in [0.4, 0.5) is 8.78 Å². The number of carbonyl (C=O) groups excluding carboxylic acids is 4. The van der Waals surface area contributed by atoms with E-state index < -0.39 is 59.3 Å². The minimum atomic E-state index is -2.51. The van der Waals surface area contributed by atoms with Gasteiger partial charge < -0.3 is 10.5 Å². The zero-order valence-corrected chi connectivity index (χ0v) is 17.2. The predicted octanol–water partition coefficient (Wildman–Crippen LogP) is 2.20. The van der Waals surface area contributed by atoms with Gasteiger partial charge in [-0.2, -0.15) is 0 Å². The van der Waals surface area contributed by atoms with E-state index in [0.717, 1.165) is 19.2 Å². The number of esters is 1. The van der Waals surface area contributed by atoms with Crippen LogP contribution in [0.3, 0.4) is 0 Å². The number of nitrogens with zero attached hydrogens (tertiary/aromatic N) is 1. The van der Waals surface area contributed by atoms with Crippen LogP contribution in [-0.4, -0.2) is 35.7 Å². The van der Waals surface area contributed by atoms with Crippen molar-refractivity contribution in [1.82, 2.24) is 4.90 Å². The molecule has 1 aliphatic heterocycles. The molecule has 2 aromatic rings. The molecule has 3 amide bonds. The van der Waals surface area contributed by atoms with E-state index in [4.69, 9.17) is 10.5 Å². The van der Waals surface area contributed by atoms with Crippen LogP contribution in [0.15, 0.2) is 40.9 Å². The first-order valence-electron chi connectivity index (χ1n) is 8.59. The summed E-state index contributed by atoms with van der Waals surface area (Å²) in [6, 6.07) is 7.35. The average Bonchev–Trinajstić information content (AvgIpc) is 2.69. The van der Waals surface area contributed by atoms with E-state index >= 15 is 0 Å². The van der Waals surface area contributed by atoms with Gasteiger partial charge in [0.15, 0.2) is 5.41 Å². The molecule has 0 spiro atoms. The van der Waals surface area contributed by atoms with Crippen molar-refractivity contribution in [3.8, 4) is 0 Å². The third-order valence-corrected chi connectivity index (χ3v) is 5.34. The molecule has 0 aromatic heterocycles. The Bertz CT molecular complexity index is 1090. The lowest BCUT2D eigenvalue weighted by molar-refractivity contribution is -0.158. The van der Waals surface area contributed by atoms with Crippen LogP contribution in [0.2, 0.25) is 0 Å². The third kappa shape index (κ3) is 3.36. The number of carbonyl (C=O) groups is 4. The Morgan fingerprint density at radius 1 is 1.17 bits per heavy atom. The summed E-state index contributed by atoms with van der Waals surface area (Å²) in [5.74, 6) is -6.28. The van der Waals surface area contributed by atoms with Crippen molar-refractivity contribution in [3.63, 3.8) is 0 Å². The summed E-state index contributed by atoms with van der Waals surface area (Å²) < 4.78 is 34.2. The molecule has 30 heavy (non-hydrogen) atoms. The SMILES string of the molecule is COC(=O)C1(CC(N)=O)C(=O)N(Cc2ccc(Br)cc2F)C(=O)c2cccc(F)c21. The summed E-state index contributed by atoms with van der Waals surface area (Å²) in [4.78, 5) is 51.5. The predicted molar refractivity (Wildman–Crippen MR) is 103 cm³/mol. The quantitative estimate of drug-likeness (QED) is 0.401. The number of methoxy groups -OCH3 is 1. The molecule has 1 unspecified atom stereocenters. The Hall–Kier alpha value is -3.14. The van der Waals surface area contributed by atoms with Crippen LogP contribution in [0.1, 0.15) is 27.9 Å². The summed E-state index contributed by atoms with van der Waals surface area (Å²) in [5, 5.41) is 0. The van der Waals surface area contributed by atoms with Crippen molar-refractivity contribution in [3.05, 3.63) is 69.2 Å². The number of rotatable bonds is 5. The molecule has 7 nitrogen and oxygen atoms in total. The molecule has 2 N–H and O–H groups in total. The Morgan fingerprint density at radius 3 is 2.47 bits per heavy atom. The molecule has 0 saturated heterocycles. The van der Waals surface area contributed by atoms with E-state index in [9.17, 15) is 28.0 Å². The Morgan fingerprint density at radius 2 is 1.87 bits per heavy atom. The normalized spacial score (nSPS) is 18.2. The second-order valence-corrected chi connectivity index (χ2v) is 7.55. The smallest absolute Gasteiger partial charge is 0.326 e. The molecular weight excluding hydrogens is 466 g/mol. The zero-order valence-electron chi connectivity index (χ0n) is 15.6. The Kier molecular flexibility index (Phi) is 5.71. The van der Waals surface area contributed by atoms with Crippen LogP contribution < -0.4 is 5.73 Å². The summed E-state index contributed by atoms with van der Waals surface area (Å²) in [5.41, 5.74) is 1.81. The fourth-order valence-corrected chi connectivity index (χ4v) is 3.87. The number of halogens is 3. The molecule has 156 valence electrons. The van der Waals surface area contributed by atoms with Crippen molar-refractivity contribution in [2.75, 3.05) is 7.11 Å². The van der Waals surface area contributed by atoms with Crippen LogP contribution in [0.5, 0.6) is 0 Å². The summed E-state index contributed by atoms with van der Waals surface area (Å²) in [6.45, 7) is -0.551. The van der Waals surface area contributed by atoms with Gasteiger partial charge in [0.1, 0.15) is 11.6 Å². The number of ether oxygens (including phenoxy) is 1. The molecule has 3 rings (SSSR count). The topological polar surface area (TPSA) is 107 Å². The average molecular weight is 481 g/mol. The van der Waals surface area contributed by atoms with E-state index in [-0.39, 0.29) is 11.1 Å². The van der Waals surface area contributed by atoms with E-state index in [1.54, 1.807) is 0 Å². The number of nitrogens with two attached hydrogens (primary N) is 1. The van der Waals surface area contributed by atoms with Gasteiger partial charge in [0.05, 0.1) is 20.1 Å². The number of imide groups is 1. The first-order valence-corrected chi connectivity index (χ1v) is 9.38. The largest absolute Gasteiger partial charge is 0.468 e. The fraction of sp³-hybridized carbons (Fsp3) is 0.200. The van der Waals surface area contributed by atoms with Crippen LogP contribution >= 0.6 is 15.9 Å². The van der Waals surface area contributed by atoms with Gasteiger partial charge >= 0.3 is 5.97 Å². The number of hydrogen-bond donors (Lipinski definition) is 1. The summed E-state index contributed by atoms with van der Waals surface area (Å²) in [6.07, 6.45) is -0.932. The molecule has 1 heterocycles. The minimum Gasteiger partial charge on any atom is -0.468 e. The van der Waals surface area contributed by atoms with Crippen molar-refractivity contribution >= 4 is 39.6 Å². The van der Waals surface area contributed by atoms with Crippen molar-refractivity contribution in [1.29, 1.82) is 0 Å². The first kappa shape index (κ1) is 21.6. The number of amides is 3. The number of primary amides is 1. The molecule has 1 aliphatic rings. The Balaban J connectivity index is 2.25. The van der Waals surface area contributed by atoms with E-state index in [2.05, 4.69) is 15.9 Å². The second-order valence-electron chi connectivity index (χ2n) is 6.63. The van der Waals surface area contributed by atoms with E-state index in [1.807, 2.05) is 0 Å². The lowest BCUT2D eigenvalue weighted by Gasteiger charge is -2.39. The van der Waals surface area contributed by atoms with Gasteiger partial charge in [0.2, 0.25) is 5.91 Å². The highest BCUT2D eigenvalue weighted by Gasteiger charge is 2.59. The van der Waals surface area contributed by atoms with Crippen molar-refractivity contribution < 1.29 is 32.7 Å². The molecule has 2 aromatic carbocycles. The van der Waals surface area contributed by atoms with Gasteiger partial charge in [-0.25, -0.2) is 8.78 Å². The standard InChI is InChI=1S/C20H15BrF2N2O5/c1-30-19(29)20(8-15(24)26)16-12(3-2-4-13(16)22)17(27)25(18(20)28)9-10-5-6-11(21)7-14(10)23/h2-7H,8-9H2,1H3,(H2,24,26). The van der Waals surface area contributed by atoms with Gasteiger partial charge in [0.25, 0.3) is 11.8 Å². The zero-order chi connectivity index (χ0) is 22.2. The molecule has 0 aliphatic carbocycles. The van der Waals surface area contributed by atoms with Crippen LogP contribution in [-0.2, 0) is 31.1 Å². The number of benzene rings is 2.